The molecular weight excluding hydrogens is 356 g/mol. The Morgan fingerprint density at radius 1 is 1.30 bits per heavy atom. The number of benzene rings is 1. The number of amides is 1. The van der Waals surface area contributed by atoms with Gasteiger partial charge < -0.3 is 10.4 Å². The van der Waals surface area contributed by atoms with Crippen LogP contribution in [0.2, 0.25) is 0 Å². The molecule has 0 unspecified atom stereocenters. The van der Waals surface area contributed by atoms with Crippen LogP contribution in [0, 0.1) is 11.6 Å². The Morgan fingerprint density at radius 3 is 2.74 bits per heavy atom. The fourth-order valence-electron chi connectivity index (χ4n) is 3.34. The van der Waals surface area contributed by atoms with Gasteiger partial charge in [-0.1, -0.05) is 19.8 Å². The zero-order valence-corrected chi connectivity index (χ0v) is 15.0. The molecule has 0 spiro atoms. The third-order valence-electron chi connectivity index (χ3n) is 4.74. The Hall–Kier alpha value is -2.77. The Labute approximate surface area is 155 Å². The van der Waals surface area contributed by atoms with E-state index in [4.69, 9.17) is 0 Å². The van der Waals surface area contributed by atoms with Crippen LogP contribution in [0.15, 0.2) is 18.2 Å². The van der Waals surface area contributed by atoms with E-state index >= 15 is 0 Å². The summed E-state index contributed by atoms with van der Waals surface area (Å²) in [5.74, 6) is -3.60. The van der Waals surface area contributed by atoms with Crippen molar-refractivity contribution in [2.45, 2.75) is 51.5 Å². The molecule has 27 heavy (non-hydrogen) atoms. The monoisotopic (exact) mass is 377 g/mol. The van der Waals surface area contributed by atoms with Crippen LogP contribution in [0.4, 0.5) is 8.78 Å². The largest absolute Gasteiger partial charge is 0.480 e. The number of carbonyl (C=O) groups excluding carboxylic acids is 1. The molecule has 1 amide bonds. The van der Waals surface area contributed by atoms with E-state index in [2.05, 4.69) is 10.4 Å². The lowest BCUT2D eigenvalue weighted by Gasteiger charge is -2.13. The van der Waals surface area contributed by atoms with Crippen molar-refractivity contribution in [3.8, 4) is 5.69 Å². The molecule has 1 aliphatic rings. The van der Waals surface area contributed by atoms with Crippen LogP contribution >= 0.6 is 0 Å². The molecule has 0 fully saturated rings. The first-order chi connectivity index (χ1) is 12.9. The molecule has 144 valence electrons. The van der Waals surface area contributed by atoms with E-state index in [9.17, 15) is 23.5 Å². The van der Waals surface area contributed by atoms with Gasteiger partial charge in [0.05, 0.1) is 5.69 Å². The summed E-state index contributed by atoms with van der Waals surface area (Å²) >= 11 is 0. The van der Waals surface area contributed by atoms with Crippen molar-refractivity contribution in [3.05, 3.63) is 46.8 Å². The summed E-state index contributed by atoms with van der Waals surface area (Å²) in [6, 6.07) is 2.46. The van der Waals surface area contributed by atoms with Crippen LogP contribution in [-0.4, -0.2) is 32.8 Å². The summed E-state index contributed by atoms with van der Waals surface area (Å²) in [6.45, 7) is 1.94. The fraction of sp³-hybridized carbons (Fsp3) is 0.421. The lowest BCUT2D eigenvalue weighted by atomic mass is 10.1. The fourth-order valence-corrected chi connectivity index (χ4v) is 3.34. The molecule has 2 N–H and O–H groups in total. The van der Waals surface area contributed by atoms with Crippen molar-refractivity contribution >= 4 is 11.9 Å². The van der Waals surface area contributed by atoms with E-state index < -0.39 is 29.6 Å². The molecule has 0 saturated carbocycles. The number of hydrogen-bond acceptors (Lipinski definition) is 3. The molecule has 1 aliphatic carbocycles. The molecule has 2 aromatic rings. The van der Waals surface area contributed by atoms with Gasteiger partial charge in [-0.3, -0.25) is 4.79 Å². The second-order valence-corrected chi connectivity index (χ2v) is 6.64. The van der Waals surface area contributed by atoms with Gasteiger partial charge in [0.15, 0.2) is 17.3 Å². The Kier molecular flexibility index (Phi) is 5.53. The number of rotatable bonds is 7. The number of carboxylic acid groups (broad SMARTS) is 1. The van der Waals surface area contributed by atoms with E-state index in [0.717, 1.165) is 36.2 Å². The Bertz CT molecular complexity index is 879. The third-order valence-corrected chi connectivity index (χ3v) is 4.74. The quantitative estimate of drug-likeness (QED) is 0.777. The van der Waals surface area contributed by atoms with Gasteiger partial charge in [-0.05, 0) is 37.8 Å². The minimum Gasteiger partial charge on any atom is -0.480 e. The van der Waals surface area contributed by atoms with Crippen molar-refractivity contribution < 1.29 is 23.5 Å². The standard InChI is InChI=1S/C19H21F2N3O3/c1-2-3-6-15(19(26)27)22-18(25)17-12-5-4-7-16(12)24(23-17)11-8-9-13(20)14(21)10-11/h8-10,15H,2-7H2,1H3,(H,22,25)(H,26,27)/t15-/m0/s1. The lowest BCUT2D eigenvalue weighted by molar-refractivity contribution is -0.139. The minimum absolute atomic E-state index is 0.148. The molecule has 1 aromatic heterocycles. The number of aliphatic carboxylic acids is 1. The van der Waals surface area contributed by atoms with Gasteiger partial charge in [-0.2, -0.15) is 5.10 Å². The number of nitrogens with zero attached hydrogens (tertiary/aromatic N) is 2. The molecule has 0 bridgehead atoms. The average molecular weight is 377 g/mol. The summed E-state index contributed by atoms with van der Waals surface area (Å²) in [7, 11) is 0. The summed E-state index contributed by atoms with van der Waals surface area (Å²) < 4.78 is 28.3. The number of fused-ring (bicyclic) bond motifs is 1. The number of carbonyl (C=O) groups is 2. The Morgan fingerprint density at radius 2 is 2.07 bits per heavy atom. The summed E-state index contributed by atoms with van der Waals surface area (Å²) in [5.41, 5.74) is 1.98. The number of halogens is 2. The maximum absolute atomic E-state index is 13.6. The van der Waals surface area contributed by atoms with Gasteiger partial charge in [0.25, 0.3) is 5.91 Å². The zero-order chi connectivity index (χ0) is 19.6. The highest BCUT2D eigenvalue weighted by molar-refractivity contribution is 5.96. The molecule has 1 atom stereocenters. The number of aromatic nitrogens is 2. The first kappa shape index (κ1) is 19.0. The van der Waals surface area contributed by atoms with Gasteiger partial charge in [-0.25, -0.2) is 18.3 Å². The maximum atomic E-state index is 13.6. The summed E-state index contributed by atoms with van der Waals surface area (Å²) in [5, 5.41) is 16.1. The summed E-state index contributed by atoms with van der Waals surface area (Å²) in [4.78, 5) is 24.0. The van der Waals surface area contributed by atoms with Crippen molar-refractivity contribution in [3.63, 3.8) is 0 Å². The molecular formula is C19H21F2N3O3. The van der Waals surface area contributed by atoms with Gasteiger partial charge >= 0.3 is 5.97 Å². The minimum atomic E-state index is -1.09. The highest BCUT2D eigenvalue weighted by atomic mass is 19.2. The van der Waals surface area contributed by atoms with E-state index in [1.807, 2.05) is 6.92 Å². The average Bonchev–Trinajstić information content (AvgIpc) is 3.23. The lowest BCUT2D eigenvalue weighted by Crippen LogP contribution is -2.41. The van der Waals surface area contributed by atoms with Crippen molar-refractivity contribution in [2.24, 2.45) is 0 Å². The predicted molar refractivity (Wildman–Crippen MR) is 93.9 cm³/mol. The molecule has 6 nitrogen and oxygen atoms in total. The van der Waals surface area contributed by atoms with Crippen molar-refractivity contribution in [1.82, 2.24) is 15.1 Å². The second-order valence-electron chi connectivity index (χ2n) is 6.64. The van der Waals surface area contributed by atoms with E-state index in [0.29, 0.717) is 31.4 Å². The highest BCUT2D eigenvalue weighted by Crippen LogP contribution is 2.28. The maximum Gasteiger partial charge on any atom is 0.326 e. The smallest absolute Gasteiger partial charge is 0.326 e. The zero-order valence-electron chi connectivity index (χ0n) is 15.0. The van der Waals surface area contributed by atoms with Gasteiger partial charge in [0, 0.05) is 17.3 Å². The molecule has 1 aromatic carbocycles. The van der Waals surface area contributed by atoms with Crippen LogP contribution in [-0.2, 0) is 17.6 Å². The molecule has 0 aliphatic heterocycles. The SMILES string of the molecule is CCCC[C@H](NC(=O)c1nn(-c2ccc(F)c(F)c2)c2c1CCC2)C(=O)O. The molecule has 8 heteroatoms. The number of unbranched alkanes of at least 4 members (excludes halogenated alkanes) is 1. The van der Waals surface area contributed by atoms with Gasteiger partial charge in [0.1, 0.15) is 6.04 Å². The summed E-state index contributed by atoms with van der Waals surface area (Å²) in [6.07, 6.45) is 3.94. The van der Waals surface area contributed by atoms with E-state index in [1.54, 1.807) is 0 Å². The molecule has 3 rings (SSSR count). The van der Waals surface area contributed by atoms with Crippen LogP contribution in [0.5, 0.6) is 0 Å². The van der Waals surface area contributed by atoms with Crippen molar-refractivity contribution in [2.75, 3.05) is 0 Å². The molecule has 0 radical (unpaired) electrons. The first-order valence-electron chi connectivity index (χ1n) is 9.02. The van der Waals surface area contributed by atoms with E-state index in [-0.39, 0.29) is 5.69 Å². The normalized spacial score (nSPS) is 14.0. The molecule has 0 saturated heterocycles. The van der Waals surface area contributed by atoms with Crippen LogP contribution in [0.1, 0.15) is 54.4 Å². The predicted octanol–water partition coefficient (Wildman–Crippen LogP) is 3.01. The highest BCUT2D eigenvalue weighted by Gasteiger charge is 2.29. The first-order valence-corrected chi connectivity index (χ1v) is 9.02. The van der Waals surface area contributed by atoms with Gasteiger partial charge in [0.2, 0.25) is 0 Å². The van der Waals surface area contributed by atoms with Crippen LogP contribution in [0.25, 0.3) is 5.69 Å². The van der Waals surface area contributed by atoms with Crippen molar-refractivity contribution in [1.29, 1.82) is 0 Å². The Balaban J connectivity index is 1.91. The van der Waals surface area contributed by atoms with Crippen LogP contribution in [0.3, 0.4) is 0 Å². The molecule has 1 heterocycles. The second kappa shape index (κ2) is 7.85. The van der Waals surface area contributed by atoms with Crippen LogP contribution < -0.4 is 5.32 Å². The number of hydrogen-bond donors (Lipinski definition) is 2. The topological polar surface area (TPSA) is 84.2 Å². The third kappa shape index (κ3) is 3.84. The number of nitrogens with one attached hydrogen (secondary N) is 1. The van der Waals surface area contributed by atoms with Gasteiger partial charge in [-0.15, -0.1) is 0 Å². The number of carboxylic acids is 1. The van der Waals surface area contributed by atoms with E-state index in [1.165, 1.54) is 10.7 Å².